The number of rotatable bonds is 4. The highest BCUT2D eigenvalue weighted by molar-refractivity contribution is 5.60. The van der Waals surface area contributed by atoms with Gasteiger partial charge in [0.25, 0.3) is 5.89 Å². The third-order valence-electron chi connectivity index (χ3n) is 3.11. The van der Waals surface area contributed by atoms with Crippen molar-refractivity contribution in [1.29, 1.82) is 0 Å². The summed E-state index contributed by atoms with van der Waals surface area (Å²) in [5, 5.41) is 4.00. The molecule has 0 aliphatic carbocycles. The number of ether oxygens (including phenoxy) is 2. The minimum Gasteiger partial charge on any atom is -0.497 e. The van der Waals surface area contributed by atoms with Crippen molar-refractivity contribution >= 4 is 0 Å². The average Bonchev–Trinajstić information content (AvgIpc) is 3.05. The van der Waals surface area contributed by atoms with Crippen molar-refractivity contribution < 1.29 is 14.0 Å². The smallest absolute Gasteiger partial charge is 0.258 e. The first kappa shape index (κ1) is 13.2. The second kappa shape index (κ2) is 5.66. The Morgan fingerprint density at radius 2 is 1.29 bits per heavy atom. The lowest BCUT2D eigenvalue weighted by Gasteiger charge is -1.99. The molecule has 0 amide bonds. The number of benzene rings is 2. The quantitative estimate of drug-likeness (QED) is 0.733. The molecule has 3 aromatic rings. The highest BCUT2D eigenvalue weighted by Gasteiger charge is 2.10. The Morgan fingerprint density at radius 1 is 0.762 bits per heavy atom. The van der Waals surface area contributed by atoms with Gasteiger partial charge in [-0.15, -0.1) is 0 Å². The van der Waals surface area contributed by atoms with Gasteiger partial charge in [-0.05, 0) is 48.5 Å². The van der Waals surface area contributed by atoms with Crippen molar-refractivity contribution in [2.45, 2.75) is 0 Å². The van der Waals surface area contributed by atoms with Crippen molar-refractivity contribution in [3.63, 3.8) is 0 Å². The number of methoxy groups -OCH3 is 2. The molecular formula is C16H14N2O3. The van der Waals surface area contributed by atoms with Gasteiger partial charge in [0.2, 0.25) is 5.82 Å². The first-order valence-electron chi connectivity index (χ1n) is 6.42. The second-order valence-corrected chi connectivity index (χ2v) is 4.38. The fourth-order valence-electron chi connectivity index (χ4n) is 1.93. The van der Waals surface area contributed by atoms with Crippen LogP contribution in [-0.4, -0.2) is 24.4 Å². The van der Waals surface area contributed by atoms with E-state index in [1.807, 2.05) is 48.5 Å². The lowest BCUT2D eigenvalue weighted by Crippen LogP contribution is -1.85. The largest absolute Gasteiger partial charge is 0.497 e. The molecule has 5 nitrogen and oxygen atoms in total. The van der Waals surface area contributed by atoms with Crippen LogP contribution in [0.1, 0.15) is 0 Å². The van der Waals surface area contributed by atoms with Crippen LogP contribution in [0.5, 0.6) is 11.5 Å². The predicted molar refractivity (Wildman–Crippen MR) is 78.3 cm³/mol. The Hall–Kier alpha value is -2.82. The standard InChI is InChI=1S/C16H14N2O3/c1-19-13-7-3-11(4-8-13)15-17-16(21-18-15)12-5-9-14(20-2)10-6-12/h3-10H,1-2H3. The molecule has 1 aromatic heterocycles. The summed E-state index contributed by atoms with van der Waals surface area (Å²) in [6, 6.07) is 15.0. The topological polar surface area (TPSA) is 57.4 Å². The maximum atomic E-state index is 5.30. The second-order valence-electron chi connectivity index (χ2n) is 4.38. The maximum Gasteiger partial charge on any atom is 0.258 e. The number of nitrogens with zero attached hydrogens (tertiary/aromatic N) is 2. The van der Waals surface area contributed by atoms with Crippen LogP contribution in [0.3, 0.4) is 0 Å². The molecule has 0 spiro atoms. The molecule has 0 saturated heterocycles. The highest BCUT2D eigenvalue weighted by Crippen LogP contribution is 2.25. The molecule has 2 aromatic carbocycles. The van der Waals surface area contributed by atoms with Gasteiger partial charge >= 0.3 is 0 Å². The Labute approximate surface area is 122 Å². The van der Waals surface area contributed by atoms with Gasteiger partial charge in [-0.3, -0.25) is 0 Å². The number of hydrogen-bond donors (Lipinski definition) is 0. The summed E-state index contributed by atoms with van der Waals surface area (Å²) in [5.41, 5.74) is 1.72. The lowest BCUT2D eigenvalue weighted by molar-refractivity contribution is 0.414. The molecule has 21 heavy (non-hydrogen) atoms. The van der Waals surface area contributed by atoms with Gasteiger partial charge in [-0.1, -0.05) is 5.16 Å². The van der Waals surface area contributed by atoms with E-state index in [1.165, 1.54) is 0 Å². The molecule has 5 heteroatoms. The predicted octanol–water partition coefficient (Wildman–Crippen LogP) is 3.42. The van der Waals surface area contributed by atoms with E-state index in [2.05, 4.69) is 10.1 Å². The van der Waals surface area contributed by atoms with Crippen LogP contribution in [0.4, 0.5) is 0 Å². The third kappa shape index (κ3) is 2.72. The fraction of sp³-hybridized carbons (Fsp3) is 0.125. The molecule has 0 aliphatic rings. The molecule has 0 fully saturated rings. The molecule has 3 rings (SSSR count). The van der Waals surface area contributed by atoms with E-state index in [9.17, 15) is 0 Å². The molecule has 0 bridgehead atoms. The molecule has 1 heterocycles. The SMILES string of the molecule is COc1ccc(-c2noc(-c3ccc(OC)cc3)n2)cc1. The van der Waals surface area contributed by atoms with E-state index in [1.54, 1.807) is 14.2 Å². The van der Waals surface area contributed by atoms with Crippen LogP contribution < -0.4 is 9.47 Å². The zero-order chi connectivity index (χ0) is 14.7. The van der Waals surface area contributed by atoms with Crippen molar-refractivity contribution in [3.8, 4) is 34.3 Å². The summed E-state index contributed by atoms with van der Waals surface area (Å²) in [6.07, 6.45) is 0. The zero-order valence-corrected chi connectivity index (χ0v) is 11.7. The third-order valence-corrected chi connectivity index (χ3v) is 3.11. The van der Waals surface area contributed by atoms with Gasteiger partial charge < -0.3 is 14.0 Å². The molecule has 0 aliphatic heterocycles. The molecule has 0 radical (unpaired) electrons. The van der Waals surface area contributed by atoms with Crippen LogP contribution >= 0.6 is 0 Å². The number of aromatic nitrogens is 2. The minimum absolute atomic E-state index is 0.475. The normalized spacial score (nSPS) is 10.4. The molecule has 0 N–H and O–H groups in total. The summed E-state index contributed by atoms with van der Waals surface area (Å²) in [7, 11) is 3.26. The van der Waals surface area contributed by atoms with E-state index in [0.29, 0.717) is 11.7 Å². The van der Waals surface area contributed by atoms with Gasteiger partial charge in [0.15, 0.2) is 0 Å². The zero-order valence-electron chi connectivity index (χ0n) is 11.7. The summed E-state index contributed by atoms with van der Waals surface area (Å²) in [4.78, 5) is 4.40. The van der Waals surface area contributed by atoms with E-state index in [0.717, 1.165) is 22.6 Å². The van der Waals surface area contributed by atoms with Crippen LogP contribution in [0.25, 0.3) is 22.8 Å². The molecule has 0 saturated carbocycles. The Kier molecular flexibility index (Phi) is 3.55. The maximum absolute atomic E-state index is 5.30. The summed E-state index contributed by atoms with van der Waals surface area (Å²) in [5.74, 6) is 2.60. The summed E-state index contributed by atoms with van der Waals surface area (Å²) < 4.78 is 15.6. The average molecular weight is 282 g/mol. The van der Waals surface area contributed by atoms with Crippen molar-refractivity contribution in [2.24, 2.45) is 0 Å². The number of hydrogen-bond acceptors (Lipinski definition) is 5. The summed E-state index contributed by atoms with van der Waals surface area (Å²) in [6.45, 7) is 0. The monoisotopic (exact) mass is 282 g/mol. The fourth-order valence-corrected chi connectivity index (χ4v) is 1.93. The van der Waals surface area contributed by atoms with Crippen molar-refractivity contribution in [2.75, 3.05) is 14.2 Å². The first-order chi connectivity index (χ1) is 10.3. The van der Waals surface area contributed by atoms with Crippen LogP contribution in [0.15, 0.2) is 53.1 Å². The first-order valence-corrected chi connectivity index (χ1v) is 6.42. The Morgan fingerprint density at radius 3 is 1.81 bits per heavy atom. The van der Waals surface area contributed by atoms with Gasteiger partial charge in [0.05, 0.1) is 14.2 Å². The Balaban J connectivity index is 1.87. The van der Waals surface area contributed by atoms with Gasteiger partial charge in [0.1, 0.15) is 11.5 Å². The van der Waals surface area contributed by atoms with Crippen LogP contribution in [0, 0.1) is 0 Å². The van der Waals surface area contributed by atoms with E-state index in [-0.39, 0.29) is 0 Å². The van der Waals surface area contributed by atoms with Crippen LogP contribution in [-0.2, 0) is 0 Å². The van der Waals surface area contributed by atoms with Gasteiger partial charge in [-0.2, -0.15) is 4.98 Å². The van der Waals surface area contributed by atoms with E-state index in [4.69, 9.17) is 14.0 Å². The lowest BCUT2D eigenvalue weighted by atomic mass is 10.2. The minimum atomic E-state index is 0.475. The Bertz CT molecular complexity index is 656. The van der Waals surface area contributed by atoms with Crippen molar-refractivity contribution in [1.82, 2.24) is 10.1 Å². The van der Waals surface area contributed by atoms with Gasteiger partial charge in [-0.25, -0.2) is 0 Å². The van der Waals surface area contributed by atoms with Gasteiger partial charge in [0, 0.05) is 11.1 Å². The molecule has 0 unspecified atom stereocenters. The van der Waals surface area contributed by atoms with Crippen LogP contribution in [0.2, 0.25) is 0 Å². The summed E-state index contributed by atoms with van der Waals surface area (Å²) >= 11 is 0. The molecule has 106 valence electrons. The molecular weight excluding hydrogens is 268 g/mol. The highest BCUT2D eigenvalue weighted by atomic mass is 16.5. The van der Waals surface area contributed by atoms with Crippen molar-refractivity contribution in [3.05, 3.63) is 48.5 Å². The molecule has 0 atom stereocenters. The van der Waals surface area contributed by atoms with E-state index >= 15 is 0 Å². The van der Waals surface area contributed by atoms with E-state index < -0.39 is 0 Å².